The van der Waals surface area contributed by atoms with Gasteiger partial charge in [0.25, 0.3) is 0 Å². The van der Waals surface area contributed by atoms with Crippen molar-refractivity contribution in [2.24, 2.45) is 0 Å². The van der Waals surface area contributed by atoms with Crippen molar-refractivity contribution in [3.05, 3.63) is 29.8 Å². The molecule has 0 heterocycles. The standard InChI is InChI=1S/C10H14FN/c1-10(2,11)7-8-3-5-9(12)6-4-8/h3-6H,7,12H2,1-2H3. The van der Waals surface area contributed by atoms with Crippen molar-refractivity contribution >= 4 is 5.69 Å². The van der Waals surface area contributed by atoms with Gasteiger partial charge in [0.15, 0.2) is 0 Å². The topological polar surface area (TPSA) is 26.0 Å². The van der Waals surface area contributed by atoms with E-state index in [0.29, 0.717) is 6.42 Å². The molecule has 0 amide bonds. The second-order valence-corrected chi connectivity index (χ2v) is 3.64. The third kappa shape index (κ3) is 2.91. The van der Waals surface area contributed by atoms with Gasteiger partial charge in [0.2, 0.25) is 0 Å². The molecular formula is C10H14FN. The molecule has 66 valence electrons. The fourth-order valence-electron chi connectivity index (χ4n) is 1.12. The summed E-state index contributed by atoms with van der Waals surface area (Å²) in [7, 11) is 0. The average molecular weight is 167 g/mol. The molecule has 0 saturated heterocycles. The normalized spacial score (nSPS) is 11.6. The molecule has 0 aliphatic heterocycles. The monoisotopic (exact) mass is 167 g/mol. The van der Waals surface area contributed by atoms with Crippen LogP contribution >= 0.6 is 0 Å². The third-order valence-electron chi connectivity index (χ3n) is 1.60. The van der Waals surface area contributed by atoms with Crippen LogP contribution in [0.25, 0.3) is 0 Å². The first-order chi connectivity index (χ1) is 5.47. The fourth-order valence-corrected chi connectivity index (χ4v) is 1.12. The van der Waals surface area contributed by atoms with Crippen molar-refractivity contribution in [2.75, 3.05) is 5.73 Å². The lowest BCUT2D eigenvalue weighted by Crippen LogP contribution is -2.15. The molecule has 1 aromatic rings. The highest BCUT2D eigenvalue weighted by atomic mass is 19.1. The molecule has 0 radical (unpaired) electrons. The van der Waals surface area contributed by atoms with Crippen LogP contribution in [-0.4, -0.2) is 5.67 Å². The maximum atomic E-state index is 13.1. The number of nitrogen functional groups attached to an aromatic ring is 1. The quantitative estimate of drug-likeness (QED) is 0.673. The summed E-state index contributed by atoms with van der Waals surface area (Å²) in [6, 6.07) is 7.30. The Kier molecular flexibility index (Phi) is 2.36. The van der Waals surface area contributed by atoms with Gasteiger partial charge in [-0.1, -0.05) is 12.1 Å². The van der Waals surface area contributed by atoms with Gasteiger partial charge in [0.1, 0.15) is 5.67 Å². The molecule has 12 heavy (non-hydrogen) atoms. The van der Waals surface area contributed by atoms with Crippen LogP contribution in [0.4, 0.5) is 10.1 Å². The molecule has 1 nitrogen and oxygen atoms in total. The van der Waals surface area contributed by atoms with Crippen LogP contribution in [0.1, 0.15) is 19.4 Å². The smallest absolute Gasteiger partial charge is 0.109 e. The summed E-state index contributed by atoms with van der Waals surface area (Å²) in [5.41, 5.74) is 6.05. The second kappa shape index (κ2) is 3.13. The van der Waals surface area contributed by atoms with Crippen molar-refractivity contribution in [3.8, 4) is 0 Å². The molecular weight excluding hydrogens is 153 g/mol. The van der Waals surface area contributed by atoms with E-state index in [0.717, 1.165) is 11.3 Å². The molecule has 2 heteroatoms. The van der Waals surface area contributed by atoms with Gasteiger partial charge in [-0.3, -0.25) is 0 Å². The lowest BCUT2D eigenvalue weighted by Gasteiger charge is -2.13. The minimum Gasteiger partial charge on any atom is -0.399 e. The Labute approximate surface area is 72.4 Å². The first-order valence-electron chi connectivity index (χ1n) is 4.01. The molecule has 0 atom stereocenters. The van der Waals surface area contributed by atoms with Gasteiger partial charge in [-0.25, -0.2) is 4.39 Å². The Balaban J connectivity index is 2.71. The Bertz CT molecular complexity index is 246. The number of rotatable bonds is 2. The van der Waals surface area contributed by atoms with Crippen molar-refractivity contribution in [2.45, 2.75) is 25.9 Å². The van der Waals surface area contributed by atoms with Crippen LogP contribution in [0.2, 0.25) is 0 Å². The van der Waals surface area contributed by atoms with Crippen molar-refractivity contribution in [1.29, 1.82) is 0 Å². The minimum absolute atomic E-state index is 0.438. The summed E-state index contributed by atoms with van der Waals surface area (Å²) in [5.74, 6) is 0. The highest BCUT2D eigenvalue weighted by Crippen LogP contribution is 2.17. The van der Waals surface area contributed by atoms with Crippen molar-refractivity contribution in [1.82, 2.24) is 0 Å². The number of anilines is 1. The highest BCUT2D eigenvalue weighted by Gasteiger charge is 2.15. The van der Waals surface area contributed by atoms with E-state index < -0.39 is 5.67 Å². The molecule has 1 rings (SSSR count). The van der Waals surface area contributed by atoms with E-state index >= 15 is 0 Å². The number of nitrogens with two attached hydrogens (primary N) is 1. The van der Waals surface area contributed by atoms with Crippen LogP contribution in [-0.2, 0) is 6.42 Å². The molecule has 0 aliphatic carbocycles. The summed E-state index contributed by atoms with van der Waals surface area (Å²) >= 11 is 0. The molecule has 0 unspecified atom stereocenters. The van der Waals surface area contributed by atoms with Gasteiger partial charge < -0.3 is 5.73 Å². The largest absolute Gasteiger partial charge is 0.399 e. The first-order valence-corrected chi connectivity index (χ1v) is 4.01. The van der Waals surface area contributed by atoms with Crippen LogP contribution < -0.4 is 5.73 Å². The summed E-state index contributed by atoms with van der Waals surface area (Å²) in [4.78, 5) is 0. The zero-order valence-corrected chi connectivity index (χ0v) is 7.47. The summed E-state index contributed by atoms with van der Waals surface area (Å²) in [6.07, 6.45) is 0.438. The number of benzene rings is 1. The van der Waals surface area contributed by atoms with E-state index in [9.17, 15) is 4.39 Å². The van der Waals surface area contributed by atoms with E-state index in [-0.39, 0.29) is 0 Å². The molecule has 0 spiro atoms. The Morgan fingerprint density at radius 1 is 1.25 bits per heavy atom. The Morgan fingerprint density at radius 2 is 1.75 bits per heavy atom. The SMILES string of the molecule is CC(C)(F)Cc1ccc(N)cc1. The number of halogens is 1. The van der Waals surface area contributed by atoms with E-state index in [2.05, 4.69) is 0 Å². The van der Waals surface area contributed by atoms with E-state index in [1.54, 1.807) is 26.0 Å². The second-order valence-electron chi connectivity index (χ2n) is 3.64. The van der Waals surface area contributed by atoms with Crippen LogP contribution in [0.5, 0.6) is 0 Å². The highest BCUT2D eigenvalue weighted by molar-refractivity contribution is 5.39. The Hall–Kier alpha value is -1.05. The van der Waals surface area contributed by atoms with E-state index in [4.69, 9.17) is 5.73 Å². The zero-order valence-electron chi connectivity index (χ0n) is 7.47. The van der Waals surface area contributed by atoms with Gasteiger partial charge in [0.05, 0.1) is 0 Å². The first kappa shape index (κ1) is 9.04. The van der Waals surface area contributed by atoms with Crippen molar-refractivity contribution in [3.63, 3.8) is 0 Å². The van der Waals surface area contributed by atoms with Gasteiger partial charge >= 0.3 is 0 Å². The van der Waals surface area contributed by atoms with Gasteiger partial charge in [-0.15, -0.1) is 0 Å². The number of hydrogen-bond acceptors (Lipinski definition) is 1. The fraction of sp³-hybridized carbons (Fsp3) is 0.400. The predicted molar refractivity (Wildman–Crippen MR) is 49.7 cm³/mol. The van der Waals surface area contributed by atoms with E-state index in [1.807, 2.05) is 12.1 Å². The van der Waals surface area contributed by atoms with E-state index in [1.165, 1.54) is 0 Å². The van der Waals surface area contributed by atoms with Gasteiger partial charge in [-0.05, 0) is 31.5 Å². The molecule has 0 fully saturated rings. The lowest BCUT2D eigenvalue weighted by atomic mass is 10.0. The van der Waals surface area contributed by atoms with Gasteiger partial charge in [0, 0.05) is 12.1 Å². The number of alkyl halides is 1. The maximum Gasteiger partial charge on any atom is 0.109 e. The van der Waals surface area contributed by atoms with Crippen LogP contribution in [0.3, 0.4) is 0 Å². The average Bonchev–Trinajstić information content (AvgIpc) is 1.91. The molecule has 0 aliphatic rings. The molecule has 0 bridgehead atoms. The molecule has 0 saturated carbocycles. The zero-order chi connectivity index (χ0) is 9.19. The third-order valence-corrected chi connectivity index (χ3v) is 1.60. The maximum absolute atomic E-state index is 13.1. The van der Waals surface area contributed by atoms with Crippen molar-refractivity contribution < 1.29 is 4.39 Å². The predicted octanol–water partition coefficient (Wildman–Crippen LogP) is 2.56. The van der Waals surface area contributed by atoms with Crippen LogP contribution in [0, 0.1) is 0 Å². The lowest BCUT2D eigenvalue weighted by molar-refractivity contribution is 0.217. The number of hydrogen-bond donors (Lipinski definition) is 1. The Morgan fingerprint density at radius 3 is 2.17 bits per heavy atom. The van der Waals surface area contributed by atoms with Crippen LogP contribution in [0.15, 0.2) is 24.3 Å². The summed E-state index contributed by atoms with van der Waals surface area (Å²) < 4.78 is 13.1. The minimum atomic E-state index is -1.14. The molecule has 1 aromatic carbocycles. The molecule has 2 N–H and O–H groups in total. The van der Waals surface area contributed by atoms with Gasteiger partial charge in [-0.2, -0.15) is 0 Å². The molecule has 0 aromatic heterocycles. The summed E-state index contributed by atoms with van der Waals surface area (Å²) in [5, 5.41) is 0. The summed E-state index contributed by atoms with van der Waals surface area (Å²) in [6.45, 7) is 3.15.